The lowest BCUT2D eigenvalue weighted by Gasteiger charge is -2.60. The standard InChI is InChI=1S/C19H29FO2/c1-18-8-7-14-12(13(18)5-6-17(18)22)4-3-11-9-16(21)15(20)10-19(11,14)2/h11-15,17,22H,3-10H2,1-2H3/t11?,12-,13-,14-,15?,17-,18-,19-/m0/s1. The van der Waals surface area contributed by atoms with Crippen molar-refractivity contribution in [3.8, 4) is 0 Å². The average molecular weight is 308 g/mol. The topological polar surface area (TPSA) is 37.3 Å². The van der Waals surface area contributed by atoms with Gasteiger partial charge in [-0.1, -0.05) is 13.8 Å². The lowest BCUT2D eigenvalue weighted by Crippen LogP contribution is -2.55. The zero-order valence-electron chi connectivity index (χ0n) is 13.9. The number of carbonyl (C=O) groups excluding carboxylic acids is 1. The van der Waals surface area contributed by atoms with Crippen LogP contribution in [0.1, 0.15) is 65.2 Å². The van der Waals surface area contributed by atoms with Gasteiger partial charge in [0.2, 0.25) is 0 Å². The molecule has 0 bridgehead atoms. The van der Waals surface area contributed by atoms with E-state index in [1.165, 1.54) is 6.42 Å². The number of halogens is 1. The molecule has 0 amide bonds. The Morgan fingerprint density at radius 1 is 1.05 bits per heavy atom. The van der Waals surface area contributed by atoms with Gasteiger partial charge in [0.15, 0.2) is 12.0 Å². The van der Waals surface area contributed by atoms with Crippen LogP contribution in [-0.4, -0.2) is 23.2 Å². The molecule has 124 valence electrons. The number of alkyl halides is 1. The van der Waals surface area contributed by atoms with Crippen molar-refractivity contribution in [1.82, 2.24) is 0 Å². The molecule has 0 saturated heterocycles. The van der Waals surface area contributed by atoms with E-state index in [0.29, 0.717) is 36.5 Å². The first-order chi connectivity index (χ1) is 10.4. The lowest BCUT2D eigenvalue weighted by molar-refractivity contribution is -0.151. The molecule has 0 aromatic heterocycles. The number of Topliss-reactive ketones (excluding diaryl/α,β-unsaturated/α-hetero) is 1. The van der Waals surface area contributed by atoms with Crippen LogP contribution >= 0.6 is 0 Å². The number of fused-ring (bicyclic) bond motifs is 5. The quantitative estimate of drug-likeness (QED) is 0.737. The minimum absolute atomic E-state index is 0.00508. The maximum Gasteiger partial charge on any atom is 0.167 e. The molecule has 22 heavy (non-hydrogen) atoms. The smallest absolute Gasteiger partial charge is 0.167 e. The molecule has 8 atom stereocenters. The van der Waals surface area contributed by atoms with Crippen LogP contribution in [0.2, 0.25) is 0 Å². The predicted octanol–water partition coefficient (Wildman–Crippen LogP) is 3.91. The highest BCUT2D eigenvalue weighted by atomic mass is 19.1. The molecular weight excluding hydrogens is 279 g/mol. The zero-order valence-corrected chi connectivity index (χ0v) is 13.9. The summed E-state index contributed by atoms with van der Waals surface area (Å²) in [6, 6.07) is 0. The van der Waals surface area contributed by atoms with Crippen LogP contribution in [0.15, 0.2) is 0 Å². The fourth-order valence-corrected chi connectivity index (χ4v) is 7.03. The molecule has 2 unspecified atom stereocenters. The molecule has 4 saturated carbocycles. The van der Waals surface area contributed by atoms with E-state index in [2.05, 4.69) is 13.8 Å². The Kier molecular flexibility index (Phi) is 3.28. The monoisotopic (exact) mass is 308 g/mol. The minimum Gasteiger partial charge on any atom is -0.393 e. The van der Waals surface area contributed by atoms with Crippen molar-refractivity contribution in [2.75, 3.05) is 0 Å². The molecule has 0 heterocycles. The largest absolute Gasteiger partial charge is 0.393 e. The number of hydrogen-bond donors (Lipinski definition) is 1. The Balaban J connectivity index is 1.65. The molecule has 2 nitrogen and oxygen atoms in total. The third kappa shape index (κ3) is 1.84. The van der Waals surface area contributed by atoms with Gasteiger partial charge in [-0.25, -0.2) is 4.39 Å². The van der Waals surface area contributed by atoms with Crippen LogP contribution in [0.25, 0.3) is 0 Å². The number of carbonyl (C=O) groups is 1. The van der Waals surface area contributed by atoms with Crippen molar-refractivity contribution in [3.05, 3.63) is 0 Å². The Hall–Kier alpha value is -0.440. The van der Waals surface area contributed by atoms with Crippen LogP contribution in [0.5, 0.6) is 0 Å². The third-order valence-corrected chi connectivity index (χ3v) is 8.43. The van der Waals surface area contributed by atoms with Gasteiger partial charge in [-0.15, -0.1) is 0 Å². The highest BCUT2D eigenvalue weighted by Crippen LogP contribution is 2.66. The van der Waals surface area contributed by atoms with Crippen molar-refractivity contribution in [3.63, 3.8) is 0 Å². The van der Waals surface area contributed by atoms with Gasteiger partial charge in [0, 0.05) is 6.42 Å². The summed E-state index contributed by atoms with van der Waals surface area (Å²) in [5.74, 6) is 2.04. The second-order valence-corrected chi connectivity index (χ2v) is 9.14. The second kappa shape index (κ2) is 4.78. The number of aliphatic hydroxyl groups excluding tert-OH is 1. The summed E-state index contributed by atoms with van der Waals surface area (Å²) in [4.78, 5) is 11.8. The summed E-state index contributed by atoms with van der Waals surface area (Å²) in [6.45, 7) is 4.55. The lowest BCUT2D eigenvalue weighted by atomic mass is 9.45. The summed E-state index contributed by atoms with van der Waals surface area (Å²) in [5, 5.41) is 10.4. The molecule has 0 aromatic carbocycles. The van der Waals surface area contributed by atoms with Gasteiger partial charge < -0.3 is 5.11 Å². The van der Waals surface area contributed by atoms with Gasteiger partial charge >= 0.3 is 0 Å². The maximum atomic E-state index is 14.2. The van der Waals surface area contributed by atoms with E-state index in [0.717, 1.165) is 32.1 Å². The molecule has 0 aliphatic heterocycles. The van der Waals surface area contributed by atoms with Gasteiger partial charge in [-0.05, 0) is 79.4 Å². The first-order valence-electron chi connectivity index (χ1n) is 9.21. The predicted molar refractivity (Wildman–Crippen MR) is 83.0 cm³/mol. The van der Waals surface area contributed by atoms with Crippen molar-refractivity contribution in [2.24, 2.45) is 34.5 Å². The molecule has 4 fully saturated rings. The van der Waals surface area contributed by atoms with Gasteiger partial charge in [0.25, 0.3) is 0 Å². The average Bonchev–Trinajstić information content (AvgIpc) is 2.77. The van der Waals surface area contributed by atoms with Gasteiger partial charge in [-0.2, -0.15) is 0 Å². The molecule has 0 spiro atoms. The van der Waals surface area contributed by atoms with Crippen molar-refractivity contribution < 1.29 is 14.3 Å². The Labute approximate surface area is 132 Å². The fraction of sp³-hybridized carbons (Fsp3) is 0.947. The van der Waals surface area contributed by atoms with Crippen LogP contribution in [-0.2, 0) is 4.79 Å². The molecular formula is C19H29FO2. The van der Waals surface area contributed by atoms with Gasteiger partial charge in [0.1, 0.15) is 0 Å². The van der Waals surface area contributed by atoms with Crippen molar-refractivity contribution in [2.45, 2.75) is 77.5 Å². The normalized spacial score (nSPS) is 57.9. The Morgan fingerprint density at radius 2 is 1.77 bits per heavy atom. The van der Waals surface area contributed by atoms with Gasteiger partial charge in [-0.3, -0.25) is 4.79 Å². The highest BCUT2D eigenvalue weighted by molar-refractivity contribution is 5.84. The number of aliphatic hydroxyl groups is 1. The van der Waals surface area contributed by atoms with Gasteiger partial charge in [0.05, 0.1) is 6.10 Å². The molecule has 4 aliphatic carbocycles. The zero-order chi connectivity index (χ0) is 15.7. The second-order valence-electron chi connectivity index (χ2n) is 9.14. The summed E-state index contributed by atoms with van der Waals surface area (Å²) < 4.78 is 14.2. The fourth-order valence-electron chi connectivity index (χ4n) is 7.03. The first-order valence-corrected chi connectivity index (χ1v) is 9.21. The van der Waals surface area contributed by atoms with Crippen LogP contribution in [0.3, 0.4) is 0 Å². The van der Waals surface area contributed by atoms with Crippen molar-refractivity contribution >= 4 is 5.78 Å². The van der Waals surface area contributed by atoms with E-state index in [1.807, 2.05) is 0 Å². The van der Waals surface area contributed by atoms with E-state index < -0.39 is 6.17 Å². The van der Waals surface area contributed by atoms with Crippen LogP contribution in [0, 0.1) is 34.5 Å². The number of rotatable bonds is 0. The molecule has 0 radical (unpaired) electrons. The summed E-state index contributed by atoms with van der Waals surface area (Å²) in [7, 11) is 0. The number of ketones is 1. The Bertz CT molecular complexity index is 492. The Morgan fingerprint density at radius 3 is 2.55 bits per heavy atom. The molecule has 1 N–H and O–H groups in total. The molecule has 0 aromatic rings. The van der Waals surface area contributed by atoms with E-state index in [4.69, 9.17) is 0 Å². The summed E-state index contributed by atoms with van der Waals surface area (Å²) in [6.07, 6.45) is 6.06. The third-order valence-electron chi connectivity index (χ3n) is 8.43. The number of hydrogen-bond acceptors (Lipinski definition) is 2. The SMILES string of the molecule is C[C@]12CC[C@H]3[C@@H](CCC4CC(=O)C(F)C[C@@]43C)[C@@H]1CC[C@@H]2O. The van der Waals surface area contributed by atoms with E-state index in [-0.39, 0.29) is 22.7 Å². The maximum absolute atomic E-state index is 14.2. The van der Waals surface area contributed by atoms with Crippen LogP contribution < -0.4 is 0 Å². The minimum atomic E-state index is -1.23. The first kappa shape index (κ1) is 15.1. The summed E-state index contributed by atoms with van der Waals surface area (Å²) in [5.41, 5.74) is 0.0923. The summed E-state index contributed by atoms with van der Waals surface area (Å²) >= 11 is 0. The highest BCUT2D eigenvalue weighted by Gasteiger charge is 2.61. The molecule has 4 aliphatic rings. The molecule has 4 rings (SSSR count). The van der Waals surface area contributed by atoms with Crippen molar-refractivity contribution in [1.29, 1.82) is 0 Å². The van der Waals surface area contributed by atoms with E-state index in [9.17, 15) is 14.3 Å². The van der Waals surface area contributed by atoms with E-state index >= 15 is 0 Å². The van der Waals surface area contributed by atoms with Crippen LogP contribution in [0.4, 0.5) is 4.39 Å². The van der Waals surface area contributed by atoms with E-state index in [1.54, 1.807) is 0 Å². The molecule has 3 heteroatoms.